The maximum Gasteiger partial charge on any atom is 0.0253 e. The summed E-state index contributed by atoms with van der Waals surface area (Å²) in [7, 11) is 0. The van der Waals surface area contributed by atoms with Gasteiger partial charge in [0.25, 0.3) is 0 Å². The summed E-state index contributed by atoms with van der Waals surface area (Å²) in [6.45, 7) is 0. The summed E-state index contributed by atoms with van der Waals surface area (Å²) in [6.07, 6.45) is 9.18. The van der Waals surface area contributed by atoms with Gasteiger partial charge in [-0.2, -0.15) is 0 Å². The smallest absolute Gasteiger partial charge is 0.0253 e. The van der Waals surface area contributed by atoms with Gasteiger partial charge in [-0.25, -0.2) is 0 Å². The van der Waals surface area contributed by atoms with Gasteiger partial charge in [-0.05, 0) is 55.0 Å². The molecule has 0 bridgehead atoms. The van der Waals surface area contributed by atoms with E-state index in [1.54, 1.807) is 0 Å². The molecule has 3 atom stereocenters. The molecule has 0 radical (unpaired) electrons. The molecule has 0 amide bonds. The molecule has 0 saturated heterocycles. The number of hydrogen-bond acceptors (Lipinski definition) is 0. The Morgan fingerprint density at radius 1 is 0.475 bits per heavy atom. The molecule has 0 heterocycles. The summed E-state index contributed by atoms with van der Waals surface area (Å²) in [6, 6.07) is 49.8. The molecule has 3 aliphatic rings. The Hall–Kier alpha value is -4.68. The summed E-state index contributed by atoms with van der Waals surface area (Å²) in [5.74, 6) is 0.917. The maximum absolute atomic E-state index is 2.42. The van der Waals surface area contributed by atoms with Crippen molar-refractivity contribution < 1.29 is 0 Å². The van der Waals surface area contributed by atoms with Crippen LogP contribution in [0.4, 0.5) is 0 Å². The number of benzene rings is 5. The Morgan fingerprint density at radius 3 is 1.70 bits per heavy atom. The predicted octanol–water partition coefficient (Wildman–Crippen LogP) is 8.12. The van der Waals surface area contributed by atoms with Crippen molar-refractivity contribution in [1.82, 2.24) is 0 Å². The van der Waals surface area contributed by atoms with E-state index in [0.29, 0.717) is 0 Å². The maximum atomic E-state index is 2.42. The Morgan fingerprint density at radius 2 is 1.02 bits per heavy atom. The third-order valence-corrected chi connectivity index (χ3v) is 9.19. The van der Waals surface area contributed by atoms with E-state index < -0.39 is 0 Å². The van der Waals surface area contributed by atoms with E-state index in [-0.39, 0.29) is 23.7 Å². The number of rotatable bonds is 5. The van der Waals surface area contributed by atoms with E-state index in [9.17, 15) is 0 Å². The molecule has 5 aromatic rings. The van der Waals surface area contributed by atoms with Crippen molar-refractivity contribution in [1.29, 1.82) is 0 Å². The fourth-order valence-electron chi connectivity index (χ4n) is 7.66. The molecule has 0 nitrogen and oxygen atoms in total. The largest absolute Gasteiger partial charge is 0.0729 e. The van der Waals surface area contributed by atoms with Gasteiger partial charge >= 0.3 is 0 Å². The molecule has 0 saturated carbocycles. The lowest BCUT2D eigenvalue weighted by molar-refractivity contribution is 0.557. The Labute approximate surface area is 236 Å². The molecule has 190 valence electrons. The van der Waals surface area contributed by atoms with Crippen LogP contribution in [-0.2, 0) is 0 Å². The molecule has 0 spiro atoms. The molecule has 0 aliphatic heterocycles. The molecule has 5 aromatic carbocycles. The first-order valence-electron chi connectivity index (χ1n) is 14.4. The van der Waals surface area contributed by atoms with Gasteiger partial charge in [-0.3, -0.25) is 0 Å². The molecule has 0 N–H and O–H groups in total. The summed E-state index contributed by atoms with van der Waals surface area (Å²) >= 11 is 0. The fraction of sp³-hybridized carbons (Fsp3) is 0.100. The minimum atomic E-state index is 0.188. The number of fused-ring (bicyclic) bond motifs is 5. The van der Waals surface area contributed by atoms with Gasteiger partial charge in [0.15, 0.2) is 0 Å². The van der Waals surface area contributed by atoms with Gasteiger partial charge < -0.3 is 0 Å². The average Bonchev–Trinajstić information content (AvgIpc) is 3.54. The normalized spacial score (nSPS) is 18.1. The third-order valence-electron chi connectivity index (χ3n) is 9.19. The summed E-state index contributed by atoms with van der Waals surface area (Å²) in [5.41, 5.74) is 11.3. The first-order valence-corrected chi connectivity index (χ1v) is 14.4. The van der Waals surface area contributed by atoms with Crippen molar-refractivity contribution in [2.75, 3.05) is 0 Å². The number of hydrogen-bond donors (Lipinski definition) is 0. The Kier molecular flexibility index (Phi) is 5.52. The van der Waals surface area contributed by atoms with Gasteiger partial charge in [-0.15, -0.1) is 0 Å². The van der Waals surface area contributed by atoms with E-state index in [2.05, 4.69) is 158 Å². The predicted molar refractivity (Wildman–Crippen MR) is 166 cm³/mol. The van der Waals surface area contributed by atoms with Crippen LogP contribution in [0.15, 0.2) is 158 Å². The fourth-order valence-corrected chi connectivity index (χ4v) is 7.66. The van der Waals surface area contributed by atoms with E-state index in [4.69, 9.17) is 0 Å². The molecule has 0 heteroatoms. The molecule has 3 unspecified atom stereocenters. The molecular formula is C40H30. The molecule has 0 aromatic heterocycles. The SMILES string of the molecule is C1=CC2=c3ccccc3=C(C(c3ccccc3)C(c3ccccc3)C3c4ccccc4-c4ccccc43)C2C=C1. The summed E-state index contributed by atoms with van der Waals surface area (Å²) in [4.78, 5) is 0. The number of allylic oxidation sites excluding steroid dienone is 4. The van der Waals surface area contributed by atoms with E-state index >= 15 is 0 Å². The topological polar surface area (TPSA) is 0 Å². The van der Waals surface area contributed by atoms with Crippen LogP contribution in [0.1, 0.15) is 40.0 Å². The zero-order valence-corrected chi connectivity index (χ0v) is 22.3. The highest BCUT2D eigenvalue weighted by molar-refractivity contribution is 5.84. The molecule has 0 fully saturated rings. The van der Waals surface area contributed by atoms with Crippen molar-refractivity contribution in [2.24, 2.45) is 5.92 Å². The lowest BCUT2D eigenvalue weighted by Crippen LogP contribution is -2.28. The Bertz CT molecular complexity index is 1860. The second-order valence-electron chi connectivity index (χ2n) is 11.2. The van der Waals surface area contributed by atoms with Crippen LogP contribution < -0.4 is 10.4 Å². The first kappa shape index (κ1) is 23.2. The van der Waals surface area contributed by atoms with Gasteiger partial charge in [-0.1, -0.05) is 158 Å². The van der Waals surface area contributed by atoms with Crippen molar-refractivity contribution in [3.8, 4) is 11.1 Å². The highest BCUT2D eigenvalue weighted by Crippen LogP contribution is 2.58. The van der Waals surface area contributed by atoms with Crippen LogP contribution in [0, 0.1) is 5.92 Å². The highest BCUT2D eigenvalue weighted by Gasteiger charge is 2.43. The van der Waals surface area contributed by atoms with Crippen LogP contribution >= 0.6 is 0 Å². The van der Waals surface area contributed by atoms with Crippen LogP contribution in [0.25, 0.3) is 22.3 Å². The molecule has 3 aliphatic carbocycles. The van der Waals surface area contributed by atoms with Crippen molar-refractivity contribution in [3.63, 3.8) is 0 Å². The highest BCUT2D eigenvalue weighted by atomic mass is 14.5. The van der Waals surface area contributed by atoms with Crippen molar-refractivity contribution in [2.45, 2.75) is 17.8 Å². The first-order chi connectivity index (χ1) is 19.9. The summed E-state index contributed by atoms with van der Waals surface area (Å²) < 4.78 is 0. The van der Waals surface area contributed by atoms with Gasteiger partial charge in [0, 0.05) is 23.7 Å². The standard InChI is InChI=1S/C40H30/c1-3-15-27(16-4-1)37(39-33-23-11-7-19-29(33)30-20-8-12-24-34(30)39)38(28-17-5-2-6-18-28)40-35-25-13-9-21-31(35)32-22-10-14-26-36(32)40/h1-26,33,37-38,40H. The van der Waals surface area contributed by atoms with E-state index in [1.807, 2.05) is 0 Å². The second-order valence-corrected chi connectivity index (χ2v) is 11.2. The minimum absolute atomic E-state index is 0.188. The minimum Gasteiger partial charge on any atom is -0.0729 e. The van der Waals surface area contributed by atoms with Crippen LogP contribution in [0.5, 0.6) is 0 Å². The van der Waals surface area contributed by atoms with E-state index in [0.717, 1.165) is 0 Å². The van der Waals surface area contributed by atoms with Gasteiger partial charge in [0.2, 0.25) is 0 Å². The van der Waals surface area contributed by atoms with Crippen molar-refractivity contribution in [3.05, 3.63) is 190 Å². The average molecular weight is 511 g/mol. The lowest BCUT2D eigenvalue weighted by atomic mass is 9.65. The van der Waals surface area contributed by atoms with Crippen LogP contribution in [0.2, 0.25) is 0 Å². The summed E-state index contributed by atoms with van der Waals surface area (Å²) in [5, 5.41) is 2.77. The quantitative estimate of drug-likeness (QED) is 0.224. The molecule has 40 heavy (non-hydrogen) atoms. The zero-order chi connectivity index (χ0) is 26.5. The zero-order valence-electron chi connectivity index (χ0n) is 22.3. The monoisotopic (exact) mass is 510 g/mol. The second kappa shape index (κ2) is 9.50. The van der Waals surface area contributed by atoms with Gasteiger partial charge in [0.05, 0.1) is 0 Å². The molecule has 8 rings (SSSR count). The Balaban J connectivity index is 1.47. The third kappa shape index (κ3) is 3.53. The molecular weight excluding hydrogens is 480 g/mol. The van der Waals surface area contributed by atoms with Gasteiger partial charge in [0.1, 0.15) is 0 Å². The van der Waals surface area contributed by atoms with Crippen molar-refractivity contribution >= 4 is 11.1 Å². The van der Waals surface area contributed by atoms with Crippen LogP contribution in [0.3, 0.4) is 0 Å². The lowest BCUT2D eigenvalue weighted by Gasteiger charge is -2.37. The van der Waals surface area contributed by atoms with Crippen LogP contribution in [-0.4, -0.2) is 0 Å². The van der Waals surface area contributed by atoms with E-state index in [1.165, 1.54) is 55.0 Å².